The van der Waals surface area contributed by atoms with Gasteiger partial charge in [-0.2, -0.15) is 0 Å². The van der Waals surface area contributed by atoms with Crippen molar-refractivity contribution in [2.75, 3.05) is 11.9 Å². The molecule has 0 saturated heterocycles. The highest BCUT2D eigenvalue weighted by molar-refractivity contribution is 6.33. The van der Waals surface area contributed by atoms with E-state index >= 15 is 0 Å². The second-order valence-electron chi connectivity index (χ2n) is 3.23. The summed E-state index contributed by atoms with van der Waals surface area (Å²) in [6.07, 6.45) is 0.179. The summed E-state index contributed by atoms with van der Waals surface area (Å²) < 4.78 is 31.3. The van der Waals surface area contributed by atoms with Crippen molar-refractivity contribution in [1.82, 2.24) is 0 Å². The van der Waals surface area contributed by atoms with Crippen molar-refractivity contribution in [1.29, 1.82) is 0 Å². The van der Waals surface area contributed by atoms with E-state index in [0.29, 0.717) is 6.07 Å². The number of anilines is 1. The van der Waals surface area contributed by atoms with Crippen LogP contribution in [0.2, 0.25) is 5.02 Å². The van der Waals surface area contributed by atoms with Gasteiger partial charge in [-0.25, -0.2) is 18.4 Å². The Morgan fingerprint density at radius 1 is 1.47 bits per heavy atom. The van der Waals surface area contributed by atoms with Gasteiger partial charge in [0.1, 0.15) is 6.61 Å². The molecule has 1 aromatic rings. The van der Waals surface area contributed by atoms with E-state index in [2.05, 4.69) is 11.3 Å². The van der Waals surface area contributed by atoms with Gasteiger partial charge < -0.3 is 9.84 Å². The minimum absolute atomic E-state index is 0.144. The average molecular weight is 292 g/mol. The Morgan fingerprint density at radius 3 is 2.63 bits per heavy atom. The van der Waals surface area contributed by atoms with E-state index in [4.69, 9.17) is 16.7 Å². The van der Waals surface area contributed by atoms with Crippen LogP contribution in [0.25, 0.3) is 0 Å². The summed E-state index contributed by atoms with van der Waals surface area (Å²) in [5, 5.41) is 9.73. The number of amides is 1. The zero-order chi connectivity index (χ0) is 14.6. The molecule has 0 aliphatic heterocycles. The SMILES string of the molecule is C=CCOC(=O)Nc1cc(C(=O)O)c(Cl)c(F)c1F. The van der Waals surface area contributed by atoms with Crippen LogP contribution in [-0.2, 0) is 4.74 Å². The molecule has 1 rings (SSSR count). The summed E-state index contributed by atoms with van der Waals surface area (Å²) in [6.45, 7) is 3.14. The van der Waals surface area contributed by atoms with E-state index in [1.807, 2.05) is 5.32 Å². The van der Waals surface area contributed by atoms with Gasteiger partial charge in [-0.3, -0.25) is 5.32 Å². The molecule has 1 aromatic carbocycles. The van der Waals surface area contributed by atoms with Crippen molar-refractivity contribution >= 4 is 29.4 Å². The molecule has 0 atom stereocenters. The molecule has 8 heteroatoms. The Morgan fingerprint density at radius 2 is 2.11 bits per heavy atom. The molecule has 0 heterocycles. The summed E-state index contributed by atoms with van der Waals surface area (Å²) in [5.74, 6) is -4.61. The highest BCUT2D eigenvalue weighted by atomic mass is 35.5. The summed E-state index contributed by atoms with van der Waals surface area (Å²) in [7, 11) is 0. The van der Waals surface area contributed by atoms with E-state index in [1.165, 1.54) is 6.08 Å². The summed E-state index contributed by atoms with van der Waals surface area (Å²) in [5.41, 5.74) is -1.37. The fourth-order valence-electron chi connectivity index (χ4n) is 1.13. The van der Waals surface area contributed by atoms with Crippen LogP contribution in [0, 0.1) is 11.6 Å². The van der Waals surface area contributed by atoms with E-state index < -0.39 is 40.0 Å². The number of carboxylic acids is 1. The van der Waals surface area contributed by atoms with E-state index in [1.54, 1.807) is 0 Å². The fraction of sp³-hybridized carbons (Fsp3) is 0.0909. The molecule has 0 fully saturated rings. The molecule has 19 heavy (non-hydrogen) atoms. The van der Waals surface area contributed by atoms with Crippen molar-refractivity contribution in [2.24, 2.45) is 0 Å². The van der Waals surface area contributed by atoms with Crippen molar-refractivity contribution in [3.05, 3.63) is 40.9 Å². The third kappa shape index (κ3) is 3.41. The molecular formula is C11H8ClF2NO4. The lowest BCUT2D eigenvalue weighted by atomic mass is 10.2. The first-order valence-corrected chi connectivity index (χ1v) is 5.21. The number of nitrogens with one attached hydrogen (secondary N) is 1. The van der Waals surface area contributed by atoms with Gasteiger partial charge in [0.05, 0.1) is 16.3 Å². The van der Waals surface area contributed by atoms with Crippen LogP contribution in [0.3, 0.4) is 0 Å². The quantitative estimate of drug-likeness (QED) is 0.660. The maximum absolute atomic E-state index is 13.4. The van der Waals surface area contributed by atoms with Crippen LogP contribution in [0.15, 0.2) is 18.7 Å². The summed E-state index contributed by atoms with van der Waals surface area (Å²) in [6, 6.07) is 0.693. The van der Waals surface area contributed by atoms with Gasteiger partial charge in [-0.15, -0.1) is 0 Å². The largest absolute Gasteiger partial charge is 0.478 e. The minimum Gasteiger partial charge on any atom is -0.478 e. The van der Waals surface area contributed by atoms with E-state index in [9.17, 15) is 18.4 Å². The van der Waals surface area contributed by atoms with Crippen LogP contribution in [-0.4, -0.2) is 23.8 Å². The third-order valence-corrected chi connectivity index (χ3v) is 2.32. The number of benzene rings is 1. The zero-order valence-corrected chi connectivity index (χ0v) is 10.1. The number of carbonyl (C=O) groups excluding carboxylic acids is 1. The van der Waals surface area contributed by atoms with Gasteiger partial charge in [0, 0.05) is 0 Å². The molecule has 102 valence electrons. The molecule has 1 amide bonds. The number of rotatable bonds is 4. The Labute approximate surface area is 111 Å². The number of halogens is 3. The number of ether oxygens (including phenoxy) is 1. The Bertz CT molecular complexity index is 548. The molecule has 0 aliphatic carbocycles. The molecule has 0 saturated carbocycles. The molecule has 0 radical (unpaired) electrons. The number of carboxylic acid groups (broad SMARTS) is 1. The van der Waals surface area contributed by atoms with Crippen LogP contribution < -0.4 is 5.32 Å². The van der Waals surface area contributed by atoms with Gasteiger partial charge in [0.2, 0.25) is 0 Å². The van der Waals surface area contributed by atoms with Gasteiger partial charge in [-0.1, -0.05) is 24.3 Å². The van der Waals surface area contributed by atoms with E-state index in [-0.39, 0.29) is 6.61 Å². The smallest absolute Gasteiger partial charge is 0.412 e. The predicted octanol–water partition coefficient (Wildman–Crippen LogP) is 3.05. The topological polar surface area (TPSA) is 75.6 Å². The number of hydrogen-bond acceptors (Lipinski definition) is 3. The highest BCUT2D eigenvalue weighted by Gasteiger charge is 2.22. The molecule has 0 spiro atoms. The van der Waals surface area contributed by atoms with Crippen molar-refractivity contribution < 1.29 is 28.2 Å². The molecule has 2 N–H and O–H groups in total. The lowest BCUT2D eigenvalue weighted by Crippen LogP contribution is -2.16. The fourth-order valence-corrected chi connectivity index (χ4v) is 1.35. The molecule has 0 aromatic heterocycles. The molecule has 0 unspecified atom stereocenters. The van der Waals surface area contributed by atoms with Crippen molar-refractivity contribution in [3.63, 3.8) is 0 Å². The van der Waals surface area contributed by atoms with Crippen molar-refractivity contribution in [2.45, 2.75) is 0 Å². The van der Waals surface area contributed by atoms with Crippen LogP contribution >= 0.6 is 11.6 Å². The molecule has 5 nitrogen and oxygen atoms in total. The summed E-state index contributed by atoms with van der Waals surface area (Å²) in [4.78, 5) is 21.9. The maximum Gasteiger partial charge on any atom is 0.412 e. The standard InChI is InChI=1S/C11H8ClF2NO4/c1-2-3-19-11(18)15-6-4-5(10(16)17)7(12)9(14)8(6)13/h2,4H,1,3H2,(H,15,18)(H,16,17). The maximum atomic E-state index is 13.4. The predicted molar refractivity (Wildman–Crippen MR) is 63.5 cm³/mol. The highest BCUT2D eigenvalue weighted by Crippen LogP contribution is 2.28. The minimum atomic E-state index is -1.57. The number of carbonyl (C=O) groups is 2. The Balaban J connectivity index is 3.11. The molecule has 0 aliphatic rings. The van der Waals surface area contributed by atoms with Gasteiger partial charge in [-0.05, 0) is 6.07 Å². The summed E-state index contributed by atoms with van der Waals surface area (Å²) >= 11 is 5.33. The molecule has 0 bridgehead atoms. The second kappa shape index (κ2) is 6.14. The first-order valence-electron chi connectivity index (χ1n) is 4.84. The zero-order valence-electron chi connectivity index (χ0n) is 9.37. The third-order valence-electron chi connectivity index (χ3n) is 1.95. The lowest BCUT2D eigenvalue weighted by molar-refractivity contribution is 0.0696. The first-order chi connectivity index (χ1) is 8.88. The van der Waals surface area contributed by atoms with Crippen LogP contribution in [0.4, 0.5) is 19.3 Å². The Kier molecular flexibility index (Phi) is 4.82. The van der Waals surface area contributed by atoms with Gasteiger partial charge in [0.25, 0.3) is 0 Å². The first kappa shape index (κ1) is 14.9. The van der Waals surface area contributed by atoms with Gasteiger partial charge >= 0.3 is 12.1 Å². The van der Waals surface area contributed by atoms with Crippen LogP contribution in [0.5, 0.6) is 0 Å². The number of hydrogen-bond donors (Lipinski definition) is 2. The van der Waals surface area contributed by atoms with Gasteiger partial charge in [0.15, 0.2) is 11.6 Å². The number of aromatic carboxylic acids is 1. The van der Waals surface area contributed by atoms with Crippen LogP contribution in [0.1, 0.15) is 10.4 Å². The van der Waals surface area contributed by atoms with Crippen molar-refractivity contribution in [3.8, 4) is 0 Å². The molecular weight excluding hydrogens is 284 g/mol. The second-order valence-corrected chi connectivity index (χ2v) is 3.61. The Hall–Kier alpha value is -2.15. The monoisotopic (exact) mass is 291 g/mol. The average Bonchev–Trinajstić information content (AvgIpc) is 2.36. The van der Waals surface area contributed by atoms with E-state index in [0.717, 1.165) is 0 Å². The lowest BCUT2D eigenvalue weighted by Gasteiger charge is -2.09. The normalized spacial score (nSPS) is 9.84.